The molecule has 1 aromatic rings. The molecule has 0 aliphatic carbocycles. The van der Waals surface area contributed by atoms with E-state index < -0.39 is 5.97 Å². The standard InChI is InChI=1S/C14H20O3/c1-12(6-5-9-14(15)16)10-17-11-13-7-3-2-4-8-13/h2-4,7-8,12H,5-6,9-11H2,1H3,(H,15,16). The van der Waals surface area contributed by atoms with Gasteiger partial charge in [-0.15, -0.1) is 0 Å². The highest BCUT2D eigenvalue weighted by Gasteiger charge is 2.04. The van der Waals surface area contributed by atoms with Crippen molar-refractivity contribution < 1.29 is 14.6 Å². The van der Waals surface area contributed by atoms with E-state index in [1.165, 1.54) is 5.56 Å². The lowest BCUT2D eigenvalue weighted by molar-refractivity contribution is -0.137. The lowest BCUT2D eigenvalue weighted by atomic mass is 10.1. The zero-order valence-electron chi connectivity index (χ0n) is 10.3. The van der Waals surface area contributed by atoms with Gasteiger partial charge in [-0.3, -0.25) is 4.79 Å². The maximum absolute atomic E-state index is 10.3. The van der Waals surface area contributed by atoms with Gasteiger partial charge in [0, 0.05) is 13.0 Å². The van der Waals surface area contributed by atoms with E-state index in [1.807, 2.05) is 30.3 Å². The summed E-state index contributed by atoms with van der Waals surface area (Å²) in [7, 11) is 0. The molecule has 0 bridgehead atoms. The van der Waals surface area contributed by atoms with Gasteiger partial charge in [0.25, 0.3) is 0 Å². The first-order valence-electron chi connectivity index (χ1n) is 6.02. The van der Waals surface area contributed by atoms with Crippen LogP contribution in [0.2, 0.25) is 0 Å². The molecule has 0 radical (unpaired) electrons. The van der Waals surface area contributed by atoms with Gasteiger partial charge >= 0.3 is 5.97 Å². The highest BCUT2D eigenvalue weighted by Crippen LogP contribution is 2.09. The summed E-state index contributed by atoms with van der Waals surface area (Å²) in [4.78, 5) is 10.3. The fourth-order valence-corrected chi connectivity index (χ4v) is 1.64. The molecule has 1 N–H and O–H groups in total. The molecule has 0 aliphatic rings. The van der Waals surface area contributed by atoms with Gasteiger partial charge in [0.1, 0.15) is 0 Å². The van der Waals surface area contributed by atoms with E-state index in [2.05, 4.69) is 6.92 Å². The van der Waals surface area contributed by atoms with Gasteiger partial charge in [0.2, 0.25) is 0 Å². The average molecular weight is 236 g/mol. The van der Waals surface area contributed by atoms with Gasteiger partial charge in [-0.05, 0) is 24.3 Å². The molecule has 0 amide bonds. The SMILES string of the molecule is CC(CCCC(=O)O)COCc1ccccc1. The van der Waals surface area contributed by atoms with E-state index in [1.54, 1.807) is 0 Å². The third-order valence-electron chi connectivity index (χ3n) is 2.60. The van der Waals surface area contributed by atoms with Crippen LogP contribution in [-0.4, -0.2) is 17.7 Å². The number of rotatable bonds is 8. The first kappa shape index (κ1) is 13.7. The lowest BCUT2D eigenvalue weighted by Gasteiger charge is -2.11. The molecule has 3 heteroatoms. The van der Waals surface area contributed by atoms with Crippen LogP contribution in [0, 0.1) is 5.92 Å². The molecule has 17 heavy (non-hydrogen) atoms. The predicted molar refractivity (Wildman–Crippen MR) is 66.7 cm³/mol. The van der Waals surface area contributed by atoms with Gasteiger partial charge < -0.3 is 9.84 Å². The predicted octanol–water partition coefficient (Wildman–Crippen LogP) is 3.09. The van der Waals surface area contributed by atoms with Crippen LogP contribution in [0.15, 0.2) is 30.3 Å². The number of carbonyl (C=O) groups is 1. The quantitative estimate of drug-likeness (QED) is 0.754. The summed E-state index contributed by atoms with van der Waals surface area (Å²) in [6.07, 6.45) is 1.88. The third-order valence-corrected chi connectivity index (χ3v) is 2.60. The molecule has 94 valence electrons. The zero-order valence-corrected chi connectivity index (χ0v) is 10.3. The second-order valence-corrected chi connectivity index (χ2v) is 4.39. The molecule has 0 aromatic heterocycles. The van der Waals surface area contributed by atoms with Gasteiger partial charge in [0.15, 0.2) is 0 Å². The maximum Gasteiger partial charge on any atom is 0.303 e. The lowest BCUT2D eigenvalue weighted by Crippen LogP contribution is -2.07. The number of carboxylic acid groups (broad SMARTS) is 1. The van der Waals surface area contributed by atoms with Crippen molar-refractivity contribution in [3.63, 3.8) is 0 Å². The van der Waals surface area contributed by atoms with Gasteiger partial charge in [0.05, 0.1) is 6.61 Å². The Balaban J connectivity index is 2.08. The van der Waals surface area contributed by atoms with Crippen molar-refractivity contribution in [2.24, 2.45) is 5.92 Å². The largest absolute Gasteiger partial charge is 0.481 e. The highest BCUT2D eigenvalue weighted by atomic mass is 16.5. The van der Waals surface area contributed by atoms with Crippen LogP contribution < -0.4 is 0 Å². The second-order valence-electron chi connectivity index (χ2n) is 4.39. The minimum atomic E-state index is -0.720. The molecular weight excluding hydrogens is 216 g/mol. The summed E-state index contributed by atoms with van der Waals surface area (Å²) in [5, 5.41) is 8.52. The van der Waals surface area contributed by atoms with Crippen molar-refractivity contribution in [2.45, 2.75) is 32.8 Å². The van der Waals surface area contributed by atoms with E-state index in [9.17, 15) is 4.79 Å². The molecule has 0 saturated heterocycles. The van der Waals surface area contributed by atoms with Crippen molar-refractivity contribution in [2.75, 3.05) is 6.61 Å². The Kier molecular flexibility index (Phi) is 6.33. The Morgan fingerprint density at radius 2 is 2.06 bits per heavy atom. The van der Waals surface area contributed by atoms with Gasteiger partial charge in [-0.2, -0.15) is 0 Å². The Hall–Kier alpha value is -1.35. The van der Waals surface area contributed by atoms with Gasteiger partial charge in [-0.25, -0.2) is 0 Å². The van der Waals surface area contributed by atoms with E-state index >= 15 is 0 Å². The van der Waals surface area contributed by atoms with Crippen LogP contribution in [-0.2, 0) is 16.1 Å². The smallest absolute Gasteiger partial charge is 0.303 e. The van der Waals surface area contributed by atoms with Crippen molar-refractivity contribution in [3.05, 3.63) is 35.9 Å². The van der Waals surface area contributed by atoms with E-state index in [-0.39, 0.29) is 6.42 Å². The molecular formula is C14H20O3. The Labute approximate surface area is 102 Å². The molecule has 1 aromatic carbocycles. The fourth-order valence-electron chi connectivity index (χ4n) is 1.64. The van der Waals surface area contributed by atoms with Crippen LogP contribution in [0.5, 0.6) is 0 Å². The normalized spacial score (nSPS) is 12.3. The van der Waals surface area contributed by atoms with E-state index in [0.717, 1.165) is 12.8 Å². The zero-order chi connectivity index (χ0) is 12.5. The van der Waals surface area contributed by atoms with Crippen LogP contribution in [0.25, 0.3) is 0 Å². The van der Waals surface area contributed by atoms with Crippen LogP contribution in [0.4, 0.5) is 0 Å². The topological polar surface area (TPSA) is 46.5 Å². The van der Waals surface area contributed by atoms with Crippen LogP contribution >= 0.6 is 0 Å². The fraction of sp³-hybridized carbons (Fsp3) is 0.500. The second kappa shape index (κ2) is 7.85. The molecule has 0 aliphatic heterocycles. The van der Waals surface area contributed by atoms with Crippen molar-refractivity contribution in [1.82, 2.24) is 0 Å². The van der Waals surface area contributed by atoms with Crippen LogP contribution in [0.3, 0.4) is 0 Å². The summed E-state index contributed by atoms with van der Waals surface area (Å²) >= 11 is 0. The Morgan fingerprint density at radius 1 is 1.35 bits per heavy atom. The minimum absolute atomic E-state index is 0.253. The minimum Gasteiger partial charge on any atom is -0.481 e. The first-order valence-corrected chi connectivity index (χ1v) is 6.02. The molecule has 1 unspecified atom stereocenters. The van der Waals surface area contributed by atoms with Crippen LogP contribution in [0.1, 0.15) is 31.7 Å². The summed E-state index contributed by atoms with van der Waals surface area (Å²) in [6.45, 7) is 3.41. The van der Waals surface area contributed by atoms with E-state index in [4.69, 9.17) is 9.84 Å². The van der Waals surface area contributed by atoms with Crippen molar-refractivity contribution >= 4 is 5.97 Å². The summed E-state index contributed by atoms with van der Waals surface area (Å²) in [5.74, 6) is -0.305. The first-order chi connectivity index (χ1) is 8.18. The molecule has 0 heterocycles. The number of aliphatic carboxylic acids is 1. The average Bonchev–Trinajstić information content (AvgIpc) is 2.30. The molecule has 3 nitrogen and oxygen atoms in total. The Bertz CT molecular complexity index is 321. The summed E-state index contributed by atoms with van der Waals surface area (Å²) < 4.78 is 5.59. The highest BCUT2D eigenvalue weighted by molar-refractivity contribution is 5.66. The van der Waals surface area contributed by atoms with Gasteiger partial charge in [-0.1, -0.05) is 37.3 Å². The summed E-state index contributed by atoms with van der Waals surface area (Å²) in [5.41, 5.74) is 1.17. The molecule has 0 spiro atoms. The van der Waals surface area contributed by atoms with Crippen molar-refractivity contribution in [3.8, 4) is 0 Å². The molecule has 0 fully saturated rings. The number of hydrogen-bond donors (Lipinski definition) is 1. The number of hydrogen-bond acceptors (Lipinski definition) is 2. The third kappa shape index (κ3) is 6.74. The number of ether oxygens (including phenoxy) is 1. The van der Waals surface area contributed by atoms with E-state index in [0.29, 0.717) is 19.1 Å². The summed E-state index contributed by atoms with van der Waals surface area (Å²) in [6, 6.07) is 10.0. The molecule has 1 atom stereocenters. The van der Waals surface area contributed by atoms with Crippen molar-refractivity contribution in [1.29, 1.82) is 0 Å². The monoisotopic (exact) mass is 236 g/mol. The Morgan fingerprint density at radius 3 is 2.71 bits per heavy atom. The number of carboxylic acids is 1. The molecule has 0 saturated carbocycles. The maximum atomic E-state index is 10.3. The molecule has 1 rings (SSSR count). The number of benzene rings is 1.